The number of aliphatic hydroxyl groups is 1. The lowest BCUT2D eigenvalue weighted by molar-refractivity contribution is 0.109. The number of hydrogen-bond acceptors (Lipinski definition) is 3. The first-order chi connectivity index (χ1) is 12.2. The third-order valence-corrected chi connectivity index (χ3v) is 4.96. The average Bonchev–Trinajstić information content (AvgIpc) is 3.11. The van der Waals surface area contributed by atoms with E-state index in [1.807, 2.05) is 42.6 Å². The number of aromatic amines is 1. The van der Waals surface area contributed by atoms with Gasteiger partial charge < -0.3 is 15.0 Å². The summed E-state index contributed by atoms with van der Waals surface area (Å²) in [6.45, 7) is 4.17. The maximum absolute atomic E-state index is 13.0. The molecule has 1 aliphatic rings. The van der Waals surface area contributed by atoms with Gasteiger partial charge in [-0.2, -0.15) is 0 Å². The number of H-pyrrole nitrogens is 1. The summed E-state index contributed by atoms with van der Waals surface area (Å²) in [4.78, 5) is 7.73. The van der Waals surface area contributed by atoms with Crippen LogP contribution in [0.5, 0.6) is 0 Å². The molecule has 5 heteroatoms. The van der Waals surface area contributed by atoms with E-state index in [1.54, 1.807) is 0 Å². The summed E-state index contributed by atoms with van der Waals surface area (Å²) < 4.78 is 13.0. The Morgan fingerprint density at radius 1 is 1.00 bits per heavy atom. The Bertz CT molecular complexity index is 838. The molecule has 1 fully saturated rings. The first kappa shape index (κ1) is 16.1. The van der Waals surface area contributed by atoms with Crippen molar-refractivity contribution in [3.05, 3.63) is 66.1 Å². The lowest BCUT2D eigenvalue weighted by Crippen LogP contribution is -2.47. The fourth-order valence-corrected chi connectivity index (χ4v) is 3.46. The van der Waals surface area contributed by atoms with Crippen LogP contribution in [-0.2, 0) is 0 Å². The largest absolute Gasteiger partial charge is 0.387 e. The minimum atomic E-state index is -0.495. The molecule has 1 saturated heterocycles. The molecule has 3 aromatic rings. The van der Waals surface area contributed by atoms with Crippen LogP contribution >= 0.6 is 0 Å². The number of aromatic nitrogens is 1. The monoisotopic (exact) mass is 339 g/mol. The molecule has 0 bridgehead atoms. The maximum Gasteiger partial charge on any atom is 0.123 e. The molecule has 0 amide bonds. The Balaban J connectivity index is 1.35. The minimum Gasteiger partial charge on any atom is -0.387 e. The molecule has 2 heterocycles. The summed E-state index contributed by atoms with van der Waals surface area (Å²) in [6.07, 6.45) is 1.42. The molecule has 4 nitrogen and oxygen atoms in total. The number of halogens is 1. The Kier molecular flexibility index (Phi) is 4.42. The molecule has 1 aliphatic heterocycles. The molecule has 25 heavy (non-hydrogen) atoms. The van der Waals surface area contributed by atoms with Gasteiger partial charge in [0.2, 0.25) is 0 Å². The van der Waals surface area contributed by atoms with Gasteiger partial charge in [0.15, 0.2) is 0 Å². The second-order valence-corrected chi connectivity index (χ2v) is 6.60. The number of nitrogens with zero attached hydrogens (tertiary/aromatic N) is 2. The van der Waals surface area contributed by atoms with Crippen molar-refractivity contribution in [2.24, 2.45) is 0 Å². The van der Waals surface area contributed by atoms with Crippen LogP contribution in [0.3, 0.4) is 0 Å². The van der Waals surface area contributed by atoms with E-state index in [1.165, 1.54) is 12.1 Å². The van der Waals surface area contributed by atoms with Gasteiger partial charge >= 0.3 is 0 Å². The molecule has 1 aromatic heterocycles. The molecule has 1 atom stereocenters. The van der Waals surface area contributed by atoms with Gasteiger partial charge in [-0.05, 0) is 47.3 Å². The van der Waals surface area contributed by atoms with E-state index < -0.39 is 6.10 Å². The fraction of sp³-hybridized carbons (Fsp3) is 0.300. The summed E-state index contributed by atoms with van der Waals surface area (Å²) in [5.41, 5.74) is 3.05. The Hall–Kier alpha value is -2.37. The number of β-amino-alcohol motifs (C(OH)–C–C–N with tert-alkyl or cyclic N) is 1. The van der Waals surface area contributed by atoms with Crippen LogP contribution in [0, 0.1) is 5.82 Å². The van der Waals surface area contributed by atoms with Crippen LogP contribution in [0.1, 0.15) is 11.7 Å². The number of benzene rings is 2. The van der Waals surface area contributed by atoms with Gasteiger partial charge in [-0.3, -0.25) is 4.90 Å². The Morgan fingerprint density at radius 3 is 2.52 bits per heavy atom. The highest BCUT2D eigenvalue weighted by atomic mass is 19.1. The van der Waals surface area contributed by atoms with Gasteiger partial charge in [0.1, 0.15) is 5.82 Å². The Morgan fingerprint density at radius 2 is 1.76 bits per heavy atom. The number of piperazine rings is 1. The SMILES string of the molecule is O[C@@H](CN1CCN(c2ccc(F)cc2)CC1)c1ccc2cc[nH]c2c1. The quantitative estimate of drug-likeness (QED) is 0.767. The van der Waals surface area contributed by atoms with E-state index in [0.717, 1.165) is 48.3 Å². The molecule has 0 spiro atoms. The van der Waals surface area contributed by atoms with Crippen LogP contribution in [0.15, 0.2) is 54.7 Å². The summed E-state index contributed by atoms with van der Waals surface area (Å²) in [6, 6.07) is 14.7. The van der Waals surface area contributed by atoms with E-state index in [0.29, 0.717) is 6.54 Å². The molecule has 0 aliphatic carbocycles. The van der Waals surface area contributed by atoms with Crippen molar-refractivity contribution < 1.29 is 9.50 Å². The smallest absolute Gasteiger partial charge is 0.123 e. The molecule has 2 N–H and O–H groups in total. The number of nitrogens with one attached hydrogen (secondary N) is 1. The minimum absolute atomic E-state index is 0.204. The van der Waals surface area contributed by atoms with E-state index in [9.17, 15) is 9.50 Å². The van der Waals surface area contributed by atoms with Gasteiger partial charge in [0, 0.05) is 50.1 Å². The van der Waals surface area contributed by atoms with Gasteiger partial charge in [-0.15, -0.1) is 0 Å². The Labute approximate surface area is 146 Å². The van der Waals surface area contributed by atoms with Gasteiger partial charge in [-0.1, -0.05) is 12.1 Å². The van der Waals surface area contributed by atoms with Crippen LogP contribution < -0.4 is 4.90 Å². The summed E-state index contributed by atoms with van der Waals surface area (Å²) in [7, 11) is 0. The lowest BCUT2D eigenvalue weighted by Gasteiger charge is -2.37. The number of fused-ring (bicyclic) bond motifs is 1. The summed E-state index contributed by atoms with van der Waals surface area (Å²) in [5, 5.41) is 11.7. The molecule has 0 unspecified atom stereocenters. The number of rotatable bonds is 4. The zero-order valence-electron chi connectivity index (χ0n) is 14.0. The fourth-order valence-electron chi connectivity index (χ4n) is 3.46. The van der Waals surface area contributed by atoms with E-state index in [4.69, 9.17) is 0 Å². The van der Waals surface area contributed by atoms with Crippen molar-refractivity contribution in [3.63, 3.8) is 0 Å². The third-order valence-electron chi connectivity index (χ3n) is 4.96. The molecular weight excluding hydrogens is 317 g/mol. The first-order valence-electron chi connectivity index (χ1n) is 8.67. The summed E-state index contributed by atoms with van der Waals surface area (Å²) >= 11 is 0. The predicted molar refractivity (Wildman–Crippen MR) is 98.3 cm³/mol. The molecular formula is C20H22FN3O. The van der Waals surface area contributed by atoms with Crippen molar-refractivity contribution in [1.82, 2.24) is 9.88 Å². The molecule has 0 radical (unpaired) electrons. The highest BCUT2D eigenvalue weighted by Gasteiger charge is 2.20. The van der Waals surface area contributed by atoms with Crippen molar-refractivity contribution >= 4 is 16.6 Å². The second kappa shape index (κ2) is 6.86. The first-order valence-corrected chi connectivity index (χ1v) is 8.67. The van der Waals surface area contributed by atoms with Crippen molar-refractivity contribution in [1.29, 1.82) is 0 Å². The molecule has 4 rings (SSSR count). The number of hydrogen-bond donors (Lipinski definition) is 2. The maximum atomic E-state index is 13.0. The topological polar surface area (TPSA) is 42.5 Å². The van der Waals surface area contributed by atoms with Gasteiger partial charge in [-0.25, -0.2) is 4.39 Å². The normalized spacial score (nSPS) is 17.1. The summed E-state index contributed by atoms with van der Waals surface area (Å²) in [5.74, 6) is -0.204. The highest BCUT2D eigenvalue weighted by Crippen LogP contribution is 2.22. The highest BCUT2D eigenvalue weighted by molar-refractivity contribution is 5.79. The zero-order valence-corrected chi connectivity index (χ0v) is 14.0. The van der Waals surface area contributed by atoms with Crippen LogP contribution in [0.25, 0.3) is 10.9 Å². The second-order valence-electron chi connectivity index (χ2n) is 6.60. The lowest BCUT2D eigenvalue weighted by atomic mass is 10.1. The van der Waals surface area contributed by atoms with Crippen molar-refractivity contribution in [2.75, 3.05) is 37.6 Å². The number of aliphatic hydroxyl groups excluding tert-OH is 1. The van der Waals surface area contributed by atoms with Crippen LogP contribution in [0.2, 0.25) is 0 Å². The third kappa shape index (κ3) is 3.52. The number of anilines is 1. The van der Waals surface area contributed by atoms with E-state index in [-0.39, 0.29) is 5.82 Å². The standard InChI is InChI=1S/C20H22FN3O/c21-17-3-5-18(6-4-17)24-11-9-23(10-12-24)14-20(25)16-2-1-15-7-8-22-19(15)13-16/h1-8,13,20,22,25H,9-12,14H2/t20-/m0/s1. The van der Waals surface area contributed by atoms with E-state index >= 15 is 0 Å². The van der Waals surface area contributed by atoms with Crippen LogP contribution in [-0.4, -0.2) is 47.7 Å². The van der Waals surface area contributed by atoms with Gasteiger partial charge in [0.05, 0.1) is 6.10 Å². The zero-order chi connectivity index (χ0) is 17.2. The average molecular weight is 339 g/mol. The van der Waals surface area contributed by atoms with Gasteiger partial charge in [0.25, 0.3) is 0 Å². The van der Waals surface area contributed by atoms with E-state index in [2.05, 4.69) is 14.8 Å². The molecule has 2 aromatic carbocycles. The van der Waals surface area contributed by atoms with Crippen molar-refractivity contribution in [2.45, 2.75) is 6.10 Å². The van der Waals surface area contributed by atoms with Crippen molar-refractivity contribution in [3.8, 4) is 0 Å². The van der Waals surface area contributed by atoms with Crippen LogP contribution in [0.4, 0.5) is 10.1 Å². The predicted octanol–water partition coefficient (Wildman–Crippen LogP) is 3.16. The molecule has 130 valence electrons. The molecule has 0 saturated carbocycles.